The van der Waals surface area contributed by atoms with Crippen LogP contribution in [0.5, 0.6) is 5.75 Å². The predicted octanol–water partition coefficient (Wildman–Crippen LogP) is 3.71. The number of halogens is 1. The van der Waals surface area contributed by atoms with Crippen molar-refractivity contribution in [1.29, 1.82) is 0 Å². The van der Waals surface area contributed by atoms with Gasteiger partial charge < -0.3 is 5.11 Å². The largest absolute Gasteiger partial charge is 0.508 e. The Balaban J connectivity index is 0.00000112. The second-order valence-electron chi connectivity index (χ2n) is 4.04. The maximum Gasteiger partial charge on any atom is 0.119 e. The smallest absolute Gasteiger partial charge is 0.119 e. The average molecular weight is 250 g/mol. The zero-order chi connectivity index (χ0) is 9.97. The van der Waals surface area contributed by atoms with Gasteiger partial charge in [-0.25, -0.2) is 0 Å². The number of hydrogen-bond donors (Lipinski definition) is 1. The molecule has 1 radical (unpaired) electrons. The molecule has 0 heterocycles. The topological polar surface area (TPSA) is 20.2 Å². The summed E-state index contributed by atoms with van der Waals surface area (Å²) in [4.78, 5) is 0. The molecule has 1 aromatic carbocycles. The van der Waals surface area contributed by atoms with E-state index in [4.69, 9.17) is 11.6 Å². The zero-order valence-electron chi connectivity index (χ0n) is 9.17. The van der Waals surface area contributed by atoms with E-state index >= 15 is 0 Å². The quantitative estimate of drug-likeness (QED) is 0.753. The van der Waals surface area contributed by atoms with Crippen molar-refractivity contribution in [3.8, 4) is 5.75 Å². The van der Waals surface area contributed by atoms with E-state index in [1.165, 1.54) is 32.1 Å². The number of phenolic OH excluding ortho intramolecular Hbond substituents is 1. The third-order valence-corrected chi connectivity index (χ3v) is 3.27. The van der Waals surface area contributed by atoms with E-state index in [0.717, 1.165) is 10.6 Å². The van der Waals surface area contributed by atoms with Crippen molar-refractivity contribution >= 4 is 63.0 Å². The van der Waals surface area contributed by atoms with Crippen molar-refractivity contribution < 1.29 is 5.11 Å². The predicted molar refractivity (Wildman–Crippen MR) is 64.7 cm³/mol. The maximum atomic E-state index is 9.73. The standard InChI is InChI=1S/C12H15ClO.K/c13-10-6-7-12(14)11(8-10)9-4-2-1-3-5-9;/h6-9,14H,1-5H2;. The van der Waals surface area contributed by atoms with Gasteiger partial charge in [-0.15, -0.1) is 0 Å². The Labute approximate surface area is 139 Å². The Morgan fingerprint density at radius 3 is 2.47 bits per heavy atom. The molecule has 0 aliphatic heterocycles. The van der Waals surface area contributed by atoms with Gasteiger partial charge in [-0.3, -0.25) is 0 Å². The molecule has 0 spiro atoms. The summed E-state index contributed by atoms with van der Waals surface area (Å²) in [5.41, 5.74) is 1.04. The molecule has 0 amide bonds. The van der Waals surface area contributed by atoms with Crippen LogP contribution < -0.4 is 0 Å². The van der Waals surface area contributed by atoms with Crippen LogP contribution in [0.3, 0.4) is 0 Å². The van der Waals surface area contributed by atoms with E-state index in [2.05, 4.69) is 0 Å². The van der Waals surface area contributed by atoms with E-state index in [-0.39, 0.29) is 51.4 Å². The minimum absolute atomic E-state index is 0. The summed E-state index contributed by atoms with van der Waals surface area (Å²) in [6, 6.07) is 5.35. The van der Waals surface area contributed by atoms with E-state index in [1.807, 2.05) is 6.07 Å². The molecule has 77 valence electrons. The third kappa shape index (κ3) is 3.72. The molecule has 1 aliphatic carbocycles. The second-order valence-corrected chi connectivity index (χ2v) is 4.47. The molecule has 0 atom stereocenters. The molecule has 3 heteroatoms. The van der Waals surface area contributed by atoms with Crippen LogP contribution in [0.1, 0.15) is 43.6 Å². The van der Waals surface area contributed by atoms with Gasteiger partial charge in [0, 0.05) is 56.4 Å². The summed E-state index contributed by atoms with van der Waals surface area (Å²) in [6.45, 7) is 0. The second kappa shape index (κ2) is 6.63. The molecule has 0 unspecified atom stereocenters. The summed E-state index contributed by atoms with van der Waals surface area (Å²) in [7, 11) is 0. The summed E-state index contributed by atoms with van der Waals surface area (Å²) < 4.78 is 0. The van der Waals surface area contributed by atoms with Gasteiger partial charge in [0.25, 0.3) is 0 Å². The molecule has 1 aromatic rings. The Morgan fingerprint density at radius 1 is 1.13 bits per heavy atom. The molecular weight excluding hydrogens is 235 g/mol. The Hall–Kier alpha value is 0.946. The summed E-state index contributed by atoms with van der Waals surface area (Å²) in [5.74, 6) is 0.920. The first-order chi connectivity index (χ1) is 6.77. The van der Waals surface area contributed by atoms with Crippen molar-refractivity contribution in [2.45, 2.75) is 38.0 Å². The zero-order valence-corrected chi connectivity index (χ0v) is 13.0. The minimum atomic E-state index is 0. The first kappa shape index (κ1) is 14.0. The monoisotopic (exact) mass is 249 g/mol. The molecule has 1 N–H and O–H groups in total. The van der Waals surface area contributed by atoms with E-state index in [9.17, 15) is 5.11 Å². The number of rotatable bonds is 1. The van der Waals surface area contributed by atoms with Gasteiger partial charge in [-0.2, -0.15) is 0 Å². The molecule has 1 nitrogen and oxygen atoms in total. The third-order valence-electron chi connectivity index (χ3n) is 3.03. The molecule has 1 saturated carbocycles. The summed E-state index contributed by atoms with van der Waals surface area (Å²) in [6.07, 6.45) is 6.26. The Bertz CT molecular complexity index is 321. The number of aromatic hydroxyl groups is 1. The number of benzene rings is 1. The first-order valence-electron chi connectivity index (χ1n) is 5.26. The Morgan fingerprint density at radius 2 is 1.80 bits per heavy atom. The molecule has 1 aliphatic rings. The SMILES string of the molecule is Oc1ccc(Cl)cc1C1CCCCC1.[K]. The average Bonchev–Trinajstić information content (AvgIpc) is 2.23. The van der Waals surface area contributed by atoms with Gasteiger partial charge in [0.1, 0.15) is 5.75 Å². The van der Waals surface area contributed by atoms with Crippen LogP contribution in [0.25, 0.3) is 0 Å². The van der Waals surface area contributed by atoms with Crippen LogP contribution in [0, 0.1) is 0 Å². The van der Waals surface area contributed by atoms with Gasteiger partial charge in [-0.05, 0) is 42.5 Å². The van der Waals surface area contributed by atoms with Crippen LogP contribution in [0.2, 0.25) is 5.02 Å². The van der Waals surface area contributed by atoms with E-state index in [0.29, 0.717) is 11.7 Å². The number of phenols is 1. The fourth-order valence-corrected chi connectivity index (χ4v) is 2.45. The summed E-state index contributed by atoms with van der Waals surface area (Å²) >= 11 is 5.92. The van der Waals surface area contributed by atoms with Crippen molar-refractivity contribution in [1.82, 2.24) is 0 Å². The van der Waals surface area contributed by atoms with Crippen molar-refractivity contribution in [2.24, 2.45) is 0 Å². The van der Waals surface area contributed by atoms with E-state index < -0.39 is 0 Å². The molecule has 0 aromatic heterocycles. The first-order valence-corrected chi connectivity index (χ1v) is 5.63. The van der Waals surface area contributed by atoms with Gasteiger partial charge in [0.15, 0.2) is 0 Å². The molecule has 0 bridgehead atoms. The van der Waals surface area contributed by atoms with E-state index in [1.54, 1.807) is 12.1 Å². The van der Waals surface area contributed by atoms with Crippen LogP contribution >= 0.6 is 11.6 Å². The fraction of sp³-hybridized carbons (Fsp3) is 0.500. The van der Waals surface area contributed by atoms with Crippen molar-refractivity contribution in [3.05, 3.63) is 28.8 Å². The molecule has 15 heavy (non-hydrogen) atoms. The summed E-state index contributed by atoms with van der Waals surface area (Å²) in [5, 5.41) is 10.5. The molecule has 1 fully saturated rings. The molecular formula is C12H15ClKO. The van der Waals surface area contributed by atoms with Crippen LogP contribution in [0.15, 0.2) is 18.2 Å². The van der Waals surface area contributed by atoms with Crippen LogP contribution in [-0.4, -0.2) is 56.5 Å². The molecule has 0 saturated heterocycles. The van der Waals surface area contributed by atoms with Gasteiger partial charge in [-0.1, -0.05) is 30.9 Å². The van der Waals surface area contributed by atoms with Crippen LogP contribution in [-0.2, 0) is 0 Å². The molecule has 2 rings (SSSR count). The van der Waals surface area contributed by atoms with Gasteiger partial charge in [0.05, 0.1) is 0 Å². The Kier molecular flexibility index (Phi) is 6.19. The van der Waals surface area contributed by atoms with Crippen LogP contribution in [0.4, 0.5) is 0 Å². The van der Waals surface area contributed by atoms with Gasteiger partial charge >= 0.3 is 0 Å². The maximum absolute atomic E-state index is 9.73. The minimum Gasteiger partial charge on any atom is -0.508 e. The van der Waals surface area contributed by atoms with Crippen molar-refractivity contribution in [3.63, 3.8) is 0 Å². The normalized spacial score (nSPS) is 17.1. The number of hydrogen-bond acceptors (Lipinski definition) is 1. The van der Waals surface area contributed by atoms with Gasteiger partial charge in [0.2, 0.25) is 0 Å². The fourth-order valence-electron chi connectivity index (χ4n) is 2.27. The van der Waals surface area contributed by atoms with Crippen molar-refractivity contribution in [2.75, 3.05) is 0 Å².